The molecule has 1 aliphatic carbocycles. The number of aryl methyl sites for hydroxylation is 1. The summed E-state index contributed by atoms with van der Waals surface area (Å²) in [6.45, 7) is 4.75. The van der Waals surface area contributed by atoms with Crippen LogP contribution in [-0.2, 0) is 21.4 Å². The van der Waals surface area contributed by atoms with E-state index in [4.69, 9.17) is 0 Å². The molecular formula is C20H28N2O2. The molecule has 0 saturated carbocycles. The van der Waals surface area contributed by atoms with Gasteiger partial charge in [0.25, 0.3) is 0 Å². The molecule has 1 aromatic carbocycles. The van der Waals surface area contributed by atoms with Gasteiger partial charge in [-0.15, -0.1) is 0 Å². The fraction of sp³-hybridized carbons (Fsp3) is 0.600. The number of unbranched alkanes of at least 4 members (excludes halogenated alkanes) is 1. The molecule has 0 bridgehead atoms. The molecule has 1 fully saturated rings. The SMILES string of the molecule is CCN(C)CCCCN1C(=O)CC2(CCCc3ccccc32)C1=O. The van der Waals surface area contributed by atoms with Crippen LogP contribution >= 0.6 is 0 Å². The van der Waals surface area contributed by atoms with Gasteiger partial charge in [0, 0.05) is 13.0 Å². The third-order valence-corrected chi connectivity index (χ3v) is 5.70. The summed E-state index contributed by atoms with van der Waals surface area (Å²) in [4.78, 5) is 29.5. The van der Waals surface area contributed by atoms with Crippen molar-refractivity contribution in [2.24, 2.45) is 0 Å². The first-order valence-corrected chi connectivity index (χ1v) is 9.20. The van der Waals surface area contributed by atoms with E-state index in [9.17, 15) is 9.59 Å². The zero-order valence-corrected chi connectivity index (χ0v) is 14.9. The number of hydrogen-bond donors (Lipinski definition) is 0. The second kappa shape index (κ2) is 7.06. The van der Waals surface area contributed by atoms with E-state index >= 15 is 0 Å². The van der Waals surface area contributed by atoms with Crippen molar-refractivity contribution in [1.29, 1.82) is 0 Å². The lowest BCUT2D eigenvalue weighted by Crippen LogP contribution is -2.41. The normalized spacial score (nSPS) is 23.4. The Kier molecular flexibility index (Phi) is 5.04. The van der Waals surface area contributed by atoms with E-state index in [1.165, 1.54) is 10.5 Å². The van der Waals surface area contributed by atoms with Gasteiger partial charge < -0.3 is 4.90 Å². The summed E-state index contributed by atoms with van der Waals surface area (Å²) in [5.41, 5.74) is 1.77. The molecule has 1 unspecified atom stereocenters. The molecule has 0 radical (unpaired) electrons. The van der Waals surface area contributed by atoms with Crippen molar-refractivity contribution in [3.8, 4) is 0 Å². The molecule has 1 aromatic rings. The van der Waals surface area contributed by atoms with Crippen LogP contribution in [0.3, 0.4) is 0 Å². The predicted octanol–water partition coefficient (Wildman–Crippen LogP) is 2.75. The lowest BCUT2D eigenvalue weighted by atomic mass is 9.69. The van der Waals surface area contributed by atoms with Crippen molar-refractivity contribution in [3.63, 3.8) is 0 Å². The standard InChI is InChI=1S/C20H28N2O2/c1-3-21(2)13-6-7-14-22-18(23)15-20(19(22)24)12-8-10-16-9-4-5-11-17(16)20/h4-5,9,11H,3,6-8,10,12-15H2,1-2H3. The number of carbonyl (C=O) groups is 2. The van der Waals surface area contributed by atoms with Gasteiger partial charge in [0.15, 0.2) is 0 Å². The van der Waals surface area contributed by atoms with E-state index < -0.39 is 5.41 Å². The highest BCUT2D eigenvalue weighted by atomic mass is 16.2. The number of nitrogens with zero attached hydrogens (tertiary/aromatic N) is 2. The van der Waals surface area contributed by atoms with E-state index in [1.807, 2.05) is 12.1 Å². The van der Waals surface area contributed by atoms with Crippen LogP contribution in [-0.4, -0.2) is 48.3 Å². The van der Waals surface area contributed by atoms with Crippen molar-refractivity contribution in [3.05, 3.63) is 35.4 Å². The summed E-state index contributed by atoms with van der Waals surface area (Å²) in [6, 6.07) is 8.19. The van der Waals surface area contributed by atoms with E-state index in [2.05, 4.69) is 31.0 Å². The zero-order valence-electron chi connectivity index (χ0n) is 14.9. The number of rotatable bonds is 6. The number of benzene rings is 1. The van der Waals surface area contributed by atoms with Gasteiger partial charge >= 0.3 is 0 Å². The smallest absolute Gasteiger partial charge is 0.240 e. The molecule has 1 heterocycles. The highest BCUT2D eigenvalue weighted by Crippen LogP contribution is 2.45. The van der Waals surface area contributed by atoms with Crippen LogP contribution in [0.25, 0.3) is 0 Å². The topological polar surface area (TPSA) is 40.6 Å². The van der Waals surface area contributed by atoms with E-state index in [0.29, 0.717) is 13.0 Å². The maximum Gasteiger partial charge on any atom is 0.240 e. The van der Waals surface area contributed by atoms with Crippen LogP contribution in [0.15, 0.2) is 24.3 Å². The van der Waals surface area contributed by atoms with Crippen molar-refractivity contribution in [2.75, 3.05) is 26.7 Å². The Morgan fingerprint density at radius 3 is 2.79 bits per heavy atom. The van der Waals surface area contributed by atoms with Gasteiger partial charge in [-0.25, -0.2) is 0 Å². The Labute approximate surface area is 144 Å². The van der Waals surface area contributed by atoms with Gasteiger partial charge in [0.1, 0.15) is 0 Å². The van der Waals surface area contributed by atoms with Gasteiger partial charge in [-0.3, -0.25) is 14.5 Å². The van der Waals surface area contributed by atoms with Crippen LogP contribution in [0.5, 0.6) is 0 Å². The quantitative estimate of drug-likeness (QED) is 0.595. The molecule has 1 aliphatic heterocycles. The van der Waals surface area contributed by atoms with Crippen molar-refractivity contribution in [2.45, 2.75) is 50.9 Å². The Morgan fingerprint density at radius 1 is 1.21 bits per heavy atom. The van der Waals surface area contributed by atoms with Crippen LogP contribution < -0.4 is 0 Å². The van der Waals surface area contributed by atoms with Crippen LogP contribution in [0, 0.1) is 0 Å². The summed E-state index contributed by atoms with van der Waals surface area (Å²) in [6.07, 6.45) is 5.08. The molecule has 1 atom stereocenters. The lowest BCUT2D eigenvalue weighted by molar-refractivity contribution is -0.140. The van der Waals surface area contributed by atoms with Crippen molar-refractivity contribution in [1.82, 2.24) is 9.80 Å². The lowest BCUT2D eigenvalue weighted by Gasteiger charge is -2.33. The summed E-state index contributed by atoms with van der Waals surface area (Å²) in [5, 5.41) is 0. The van der Waals surface area contributed by atoms with Crippen molar-refractivity contribution >= 4 is 11.8 Å². The minimum absolute atomic E-state index is 0.0144. The first-order valence-electron chi connectivity index (χ1n) is 9.20. The first-order chi connectivity index (χ1) is 11.6. The molecule has 24 heavy (non-hydrogen) atoms. The number of amides is 2. The largest absolute Gasteiger partial charge is 0.307 e. The van der Waals surface area contributed by atoms with Crippen molar-refractivity contribution < 1.29 is 9.59 Å². The number of fused-ring (bicyclic) bond motifs is 2. The minimum atomic E-state index is -0.577. The molecule has 3 rings (SSSR count). The van der Waals surface area contributed by atoms with Crippen LogP contribution in [0.1, 0.15) is 50.2 Å². The van der Waals surface area contributed by atoms with Gasteiger partial charge in [0.2, 0.25) is 11.8 Å². The maximum absolute atomic E-state index is 13.1. The van der Waals surface area contributed by atoms with Gasteiger partial charge in [0.05, 0.1) is 5.41 Å². The summed E-state index contributed by atoms with van der Waals surface area (Å²) < 4.78 is 0. The summed E-state index contributed by atoms with van der Waals surface area (Å²) >= 11 is 0. The zero-order chi connectivity index (χ0) is 17.2. The third kappa shape index (κ3) is 3.00. The number of imide groups is 1. The van der Waals surface area contributed by atoms with Gasteiger partial charge in [-0.1, -0.05) is 31.2 Å². The van der Waals surface area contributed by atoms with Gasteiger partial charge in [-0.05, 0) is 63.4 Å². The second-order valence-electron chi connectivity index (χ2n) is 7.22. The highest BCUT2D eigenvalue weighted by molar-refractivity contribution is 6.09. The van der Waals surface area contributed by atoms with Gasteiger partial charge in [-0.2, -0.15) is 0 Å². The second-order valence-corrected chi connectivity index (χ2v) is 7.22. The Balaban J connectivity index is 1.71. The van der Waals surface area contributed by atoms with Crippen LogP contribution in [0.2, 0.25) is 0 Å². The van der Waals surface area contributed by atoms with E-state index in [0.717, 1.165) is 50.8 Å². The molecule has 1 saturated heterocycles. The Hall–Kier alpha value is -1.68. The molecule has 130 valence electrons. The predicted molar refractivity (Wildman–Crippen MR) is 94.8 cm³/mol. The van der Waals surface area contributed by atoms with Crippen LogP contribution in [0.4, 0.5) is 0 Å². The molecular weight excluding hydrogens is 300 g/mol. The molecule has 0 aromatic heterocycles. The Bertz CT molecular complexity index is 628. The monoisotopic (exact) mass is 328 g/mol. The minimum Gasteiger partial charge on any atom is -0.307 e. The number of carbonyl (C=O) groups excluding carboxylic acids is 2. The molecule has 4 heteroatoms. The fourth-order valence-corrected chi connectivity index (χ4v) is 4.16. The average Bonchev–Trinajstić information content (AvgIpc) is 2.83. The fourth-order valence-electron chi connectivity index (χ4n) is 4.16. The summed E-state index contributed by atoms with van der Waals surface area (Å²) in [7, 11) is 2.10. The molecule has 2 aliphatic rings. The summed E-state index contributed by atoms with van der Waals surface area (Å²) in [5.74, 6) is 0.0593. The van der Waals surface area contributed by atoms with E-state index in [1.54, 1.807) is 0 Å². The van der Waals surface area contributed by atoms with E-state index in [-0.39, 0.29) is 11.8 Å². The third-order valence-electron chi connectivity index (χ3n) is 5.70. The highest BCUT2D eigenvalue weighted by Gasteiger charge is 2.53. The molecule has 4 nitrogen and oxygen atoms in total. The number of hydrogen-bond acceptors (Lipinski definition) is 3. The first kappa shape index (κ1) is 17.2. The molecule has 0 N–H and O–H groups in total. The maximum atomic E-state index is 13.1. The number of likely N-dealkylation sites (tertiary alicyclic amines) is 1. The Morgan fingerprint density at radius 2 is 2.00 bits per heavy atom. The molecule has 1 spiro atoms. The molecule has 2 amide bonds. The average molecular weight is 328 g/mol.